The molecule has 0 amide bonds. The molecule has 0 aromatic carbocycles. The fraction of sp³-hybridized carbons (Fsp3) is 0.200. The van der Waals surface area contributed by atoms with Crippen molar-refractivity contribution in [3.8, 4) is 0 Å². The molecule has 0 aliphatic heterocycles. The molecule has 0 saturated heterocycles. The maximum atomic E-state index is 5.03. The Kier molecular flexibility index (Phi) is 4.91. The highest BCUT2D eigenvalue weighted by Gasteiger charge is 1.84. The molecule has 0 aliphatic carbocycles. The van der Waals surface area contributed by atoms with Crippen molar-refractivity contribution in [2.75, 3.05) is 6.26 Å². The van der Waals surface area contributed by atoms with Gasteiger partial charge in [-0.2, -0.15) is 0 Å². The van der Waals surface area contributed by atoms with Crippen molar-refractivity contribution in [1.82, 2.24) is 0 Å². The molecule has 0 rings (SSSR count). The second-order valence-corrected chi connectivity index (χ2v) is 1.89. The molecule has 0 radical (unpaired) electrons. The summed E-state index contributed by atoms with van der Waals surface area (Å²) in [7, 11) is 0. The fourth-order valence-electron chi connectivity index (χ4n) is 0.265. The van der Waals surface area contributed by atoms with Crippen molar-refractivity contribution >= 4 is 23.6 Å². The lowest BCUT2D eigenvalue weighted by molar-refractivity contribution is 1.47. The number of nitrogens with zero attached hydrogens (tertiary/aromatic N) is 2. The van der Waals surface area contributed by atoms with E-state index in [0.29, 0.717) is 5.17 Å². The molecule has 0 aromatic rings. The Balaban J connectivity index is 3.90. The summed E-state index contributed by atoms with van der Waals surface area (Å²) in [5.41, 5.74) is 5.03. The minimum absolute atomic E-state index is 0.622. The molecule has 0 aliphatic rings. The summed E-state index contributed by atoms with van der Waals surface area (Å²) in [6, 6.07) is 0. The van der Waals surface area contributed by atoms with Crippen molar-refractivity contribution in [2.45, 2.75) is 0 Å². The Morgan fingerprint density at radius 2 is 2.44 bits per heavy atom. The van der Waals surface area contributed by atoms with Gasteiger partial charge in [0.05, 0.1) is 0 Å². The molecule has 0 heterocycles. The van der Waals surface area contributed by atoms with E-state index >= 15 is 0 Å². The molecule has 0 unspecified atom stereocenters. The molecule has 4 heteroatoms. The molecule has 0 atom stereocenters. The van der Waals surface area contributed by atoms with E-state index in [1.54, 1.807) is 0 Å². The van der Waals surface area contributed by atoms with Gasteiger partial charge in [-0.15, -0.1) is 0 Å². The fourth-order valence-corrected chi connectivity index (χ4v) is 0.560. The average molecular weight is 143 g/mol. The molecule has 9 heavy (non-hydrogen) atoms. The zero-order chi connectivity index (χ0) is 7.11. The van der Waals surface area contributed by atoms with E-state index in [1.165, 1.54) is 24.2 Å². The van der Waals surface area contributed by atoms with Crippen LogP contribution in [0.2, 0.25) is 0 Å². The quantitative estimate of drug-likeness (QED) is 0.436. The minimum Gasteiger partial charge on any atom is -0.403 e. The Hall–Kier alpha value is -0.770. The summed E-state index contributed by atoms with van der Waals surface area (Å²) < 4.78 is 0. The number of aliphatic imine (C=N–C) groups is 2. The van der Waals surface area contributed by atoms with Gasteiger partial charge in [0, 0.05) is 12.4 Å². The van der Waals surface area contributed by atoms with Crippen LogP contribution in [0.15, 0.2) is 22.4 Å². The molecule has 0 bridgehead atoms. The van der Waals surface area contributed by atoms with Gasteiger partial charge >= 0.3 is 0 Å². The predicted molar refractivity (Wildman–Crippen MR) is 43.8 cm³/mol. The Labute approximate surface area is 58.8 Å². The van der Waals surface area contributed by atoms with Crippen LogP contribution in [0.1, 0.15) is 0 Å². The zero-order valence-corrected chi connectivity index (χ0v) is 6.06. The number of hydrogen-bond acceptors (Lipinski definition) is 3. The Morgan fingerprint density at radius 3 is 2.78 bits per heavy atom. The Bertz CT molecular complexity index is 139. The standard InChI is InChI=1S/C5H9N3S/c1-7-5(9-2)8-4-3-6/h3-4H,1,6H2,2H3/b4-3-,8-5+. The van der Waals surface area contributed by atoms with E-state index < -0.39 is 0 Å². The van der Waals surface area contributed by atoms with Crippen LogP contribution in [-0.2, 0) is 0 Å². The summed E-state index contributed by atoms with van der Waals surface area (Å²) >= 11 is 1.42. The van der Waals surface area contributed by atoms with Crippen LogP contribution in [-0.4, -0.2) is 18.1 Å². The first-order valence-corrected chi connectivity index (χ1v) is 3.53. The van der Waals surface area contributed by atoms with E-state index in [0.717, 1.165) is 0 Å². The summed E-state index contributed by atoms with van der Waals surface area (Å²) in [6.07, 6.45) is 4.69. The highest BCUT2D eigenvalue weighted by atomic mass is 32.2. The SMILES string of the molecule is C=N/C(=N\C=C/N)SC. The maximum absolute atomic E-state index is 5.03. The second-order valence-electron chi connectivity index (χ2n) is 1.12. The van der Waals surface area contributed by atoms with E-state index in [2.05, 4.69) is 16.7 Å². The number of amidine groups is 1. The van der Waals surface area contributed by atoms with Crippen molar-refractivity contribution in [3.63, 3.8) is 0 Å². The summed E-state index contributed by atoms with van der Waals surface area (Å²) in [6.45, 7) is 3.31. The van der Waals surface area contributed by atoms with Gasteiger partial charge in [-0.25, -0.2) is 9.98 Å². The lowest BCUT2D eigenvalue weighted by atomic mass is 10.9. The van der Waals surface area contributed by atoms with Crippen LogP contribution >= 0.6 is 11.8 Å². The van der Waals surface area contributed by atoms with Gasteiger partial charge in [0.1, 0.15) is 0 Å². The first kappa shape index (κ1) is 8.23. The first-order chi connectivity index (χ1) is 4.35. The molecular formula is C5H9N3S. The van der Waals surface area contributed by atoms with E-state index in [9.17, 15) is 0 Å². The van der Waals surface area contributed by atoms with Crippen molar-refractivity contribution in [2.24, 2.45) is 15.7 Å². The number of hydrogen-bond donors (Lipinski definition) is 1. The third-order valence-corrected chi connectivity index (χ3v) is 1.19. The molecule has 2 N–H and O–H groups in total. The minimum atomic E-state index is 0.622. The van der Waals surface area contributed by atoms with Crippen LogP contribution in [0.4, 0.5) is 0 Å². The highest BCUT2D eigenvalue weighted by Crippen LogP contribution is 1.97. The molecule has 0 aromatic heterocycles. The molecular weight excluding hydrogens is 134 g/mol. The van der Waals surface area contributed by atoms with Gasteiger partial charge in [0.25, 0.3) is 0 Å². The monoisotopic (exact) mass is 143 g/mol. The molecule has 0 spiro atoms. The first-order valence-electron chi connectivity index (χ1n) is 2.30. The number of nitrogens with two attached hydrogens (primary N) is 1. The van der Waals surface area contributed by atoms with E-state index in [4.69, 9.17) is 5.73 Å². The number of rotatable bonds is 1. The maximum Gasteiger partial charge on any atom is 0.186 e. The molecule has 50 valence electrons. The number of thioether (sulfide) groups is 1. The van der Waals surface area contributed by atoms with Crippen LogP contribution in [0, 0.1) is 0 Å². The summed E-state index contributed by atoms with van der Waals surface area (Å²) in [5.74, 6) is 0. The van der Waals surface area contributed by atoms with E-state index in [-0.39, 0.29) is 0 Å². The Morgan fingerprint density at radius 1 is 1.78 bits per heavy atom. The van der Waals surface area contributed by atoms with Gasteiger partial charge in [-0.05, 0) is 13.0 Å². The molecule has 0 fully saturated rings. The van der Waals surface area contributed by atoms with Crippen molar-refractivity contribution < 1.29 is 0 Å². The molecule has 3 nitrogen and oxygen atoms in total. The second kappa shape index (κ2) is 5.37. The third kappa shape index (κ3) is 3.78. The van der Waals surface area contributed by atoms with Crippen molar-refractivity contribution in [3.05, 3.63) is 12.4 Å². The van der Waals surface area contributed by atoms with Crippen LogP contribution in [0.3, 0.4) is 0 Å². The van der Waals surface area contributed by atoms with Gasteiger partial charge in [-0.3, -0.25) is 0 Å². The normalized spacial score (nSPS) is 12.3. The largest absolute Gasteiger partial charge is 0.403 e. The average Bonchev–Trinajstić information content (AvgIpc) is 1.91. The summed E-state index contributed by atoms with van der Waals surface area (Å²) in [4.78, 5) is 7.42. The van der Waals surface area contributed by atoms with Crippen LogP contribution in [0.5, 0.6) is 0 Å². The lowest BCUT2D eigenvalue weighted by Gasteiger charge is -1.87. The highest BCUT2D eigenvalue weighted by molar-refractivity contribution is 8.13. The van der Waals surface area contributed by atoms with Gasteiger partial charge < -0.3 is 5.73 Å². The summed E-state index contributed by atoms with van der Waals surface area (Å²) in [5, 5.41) is 0.622. The van der Waals surface area contributed by atoms with Crippen LogP contribution in [0.25, 0.3) is 0 Å². The van der Waals surface area contributed by atoms with Crippen LogP contribution < -0.4 is 5.73 Å². The predicted octanol–water partition coefficient (Wildman–Crippen LogP) is 0.836. The molecule has 0 saturated carbocycles. The van der Waals surface area contributed by atoms with Gasteiger partial charge in [-0.1, -0.05) is 11.8 Å². The topological polar surface area (TPSA) is 50.7 Å². The third-order valence-electron chi connectivity index (χ3n) is 0.589. The van der Waals surface area contributed by atoms with Gasteiger partial charge in [0.15, 0.2) is 5.17 Å². The smallest absolute Gasteiger partial charge is 0.186 e. The van der Waals surface area contributed by atoms with E-state index in [1.807, 2.05) is 6.26 Å². The van der Waals surface area contributed by atoms with Gasteiger partial charge in [0.2, 0.25) is 0 Å². The lowest BCUT2D eigenvalue weighted by Crippen LogP contribution is -1.82. The zero-order valence-electron chi connectivity index (χ0n) is 5.24. The van der Waals surface area contributed by atoms with Crippen molar-refractivity contribution in [1.29, 1.82) is 0 Å².